The van der Waals surface area contributed by atoms with E-state index in [2.05, 4.69) is 21.7 Å². The van der Waals surface area contributed by atoms with Gasteiger partial charge >= 0.3 is 0 Å². The van der Waals surface area contributed by atoms with Crippen LogP contribution in [0, 0.1) is 6.92 Å². The van der Waals surface area contributed by atoms with Crippen molar-refractivity contribution < 1.29 is 5.11 Å². The summed E-state index contributed by atoms with van der Waals surface area (Å²) in [7, 11) is 0. The molecule has 0 aromatic carbocycles. The molecule has 0 aliphatic heterocycles. The summed E-state index contributed by atoms with van der Waals surface area (Å²) in [4.78, 5) is 5.57. The summed E-state index contributed by atoms with van der Waals surface area (Å²) in [6, 6.07) is 7.61. The lowest BCUT2D eigenvalue weighted by atomic mass is 10.3. The van der Waals surface area contributed by atoms with Gasteiger partial charge in [0.05, 0.1) is 5.69 Å². The third-order valence-electron chi connectivity index (χ3n) is 2.26. The van der Waals surface area contributed by atoms with Crippen LogP contribution in [0.2, 0.25) is 0 Å². The molecule has 0 spiro atoms. The van der Waals surface area contributed by atoms with Gasteiger partial charge in [-0.15, -0.1) is 11.3 Å². The van der Waals surface area contributed by atoms with Crippen molar-refractivity contribution in [3.05, 3.63) is 45.9 Å². The number of thiophene rings is 1. The van der Waals surface area contributed by atoms with Gasteiger partial charge in [0, 0.05) is 23.7 Å². The van der Waals surface area contributed by atoms with Crippen LogP contribution in [-0.2, 0) is 13.1 Å². The van der Waals surface area contributed by atoms with Crippen molar-refractivity contribution in [2.75, 3.05) is 0 Å². The summed E-state index contributed by atoms with van der Waals surface area (Å²) < 4.78 is 0. The van der Waals surface area contributed by atoms with Gasteiger partial charge in [-0.25, -0.2) is 0 Å². The number of aromatic hydroxyl groups is 1. The molecule has 0 saturated heterocycles. The first-order chi connectivity index (χ1) is 7.75. The number of nitrogens with one attached hydrogen (secondary N) is 1. The van der Waals surface area contributed by atoms with Crippen LogP contribution < -0.4 is 5.32 Å². The van der Waals surface area contributed by atoms with Crippen LogP contribution in [-0.4, -0.2) is 10.1 Å². The molecule has 2 aromatic heterocycles. The van der Waals surface area contributed by atoms with Crippen LogP contribution in [0.3, 0.4) is 0 Å². The van der Waals surface area contributed by atoms with E-state index in [4.69, 9.17) is 0 Å². The van der Waals surface area contributed by atoms with Crippen LogP contribution >= 0.6 is 11.3 Å². The second-order valence-electron chi connectivity index (χ2n) is 3.60. The number of hydrogen-bond donors (Lipinski definition) is 2. The quantitative estimate of drug-likeness (QED) is 0.854. The summed E-state index contributed by atoms with van der Waals surface area (Å²) in [5.74, 6) is 0.254. The van der Waals surface area contributed by atoms with Gasteiger partial charge in [-0.1, -0.05) is 6.07 Å². The standard InChI is InChI=1S/C12H14N2OS/c1-9-4-5-12(15)11(14-9)8-13-7-10-3-2-6-16-10/h2-6,13,15H,7-8H2,1H3. The number of aromatic nitrogens is 1. The fraction of sp³-hybridized carbons (Fsp3) is 0.250. The maximum Gasteiger partial charge on any atom is 0.138 e. The molecule has 0 bridgehead atoms. The van der Waals surface area contributed by atoms with E-state index in [9.17, 15) is 5.11 Å². The zero-order chi connectivity index (χ0) is 11.4. The van der Waals surface area contributed by atoms with Crippen molar-refractivity contribution in [2.24, 2.45) is 0 Å². The molecular weight excluding hydrogens is 220 g/mol. The Hall–Kier alpha value is -1.39. The van der Waals surface area contributed by atoms with Gasteiger partial charge in [0.2, 0.25) is 0 Å². The summed E-state index contributed by atoms with van der Waals surface area (Å²) >= 11 is 1.72. The summed E-state index contributed by atoms with van der Waals surface area (Å²) in [6.45, 7) is 3.32. The Balaban J connectivity index is 1.92. The first-order valence-electron chi connectivity index (χ1n) is 5.14. The zero-order valence-electron chi connectivity index (χ0n) is 9.10. The molecule has 3 nitrogen and oxygen atoms in total. The minimum atomic E-state index is 0.254. The van der Waals surface area contributed by atoms with Crippen molar-refractivity contribution in [1.82, 2.24) is 10.3 Å². The van der Waals surface area contributed by atoms with E-state index >= 15 is 0 Å². The molecule has 0 atom stereocenters. The highest BCUT2D eigenvalue weighted by Gasteiger charge is 2.02. The summed E-state index contributed by atoms with van der Waals surface area (Å²) in [5.41, 5.74) is 1.63. The molecule has 2 N–H and O–H groups in total. The van der Waals surface area contributed by atoms with Crippen LogP contribution in [0.25, 0.3) is 0 Å². The van der Waals surface area contributed by atoms with Crippen LogP contribution in [0.1, 0.15) is 16.3 Å². The molecule has 2 aromatic rings. The number of hydrogen-bond acceptors (Lipinski definition) is 4. The smallest absolute Gasteiger partial charge is 0.138 e. The van der Waals surface area contributed by atoms with Gasteiger partial charge in [-0.05, 0) is 30.5 Å². The minimum Gasteiger partial charge on any atom is -0.506 e. The molecule has 4 heteroatoms. The van der Waals surface area contributed by atoms with Gasteiger partial charge in [0.15, 0.2) is 0 Å². The monoisotopic (exact) mass is 234 g/mol. The van der Waals surface area contributed by atoms with Gasteiger partial charge < -0.3 is 10.4 Å². The van der Waals surface area contributed by atoms with Gasteiger partial charge in [-0.3, -0.25) is 4.98 Å². The third-order valence-corrected chi connectivity index (χ3v) is 3.14. The highest BCUT2D eigenvalue weighted by molar-refractivity contribution is 7.09. The molecule has 0 radical (unpaired) electrons. The fourth-order valence-electron chi connectivity index (χ4n) is 1.45. The van der Waals surface area contributed by atoms with Gasteiger partial charge in [0.1, 0.15) is 5.75 Å². The second-order valence-corrected chi connectivity index (χ2v) is 4.63. The molecule has 0 fully saturated rings. The molecular formula is C12H14N2OS. The van der Waals surface area contributed by atoms with Crippen LogP contribution in [0.4, 0.5) is 0 Å². The lowest BCUT2D eigenvalue weighted by molar-refractivity contribution is 0.459. The van der Waals surface area contributed by atoms with E-state index in [1.165, 1.54) is 4.88 Å². The molecule has 16 heavy (non-hydrogen) atoms. The van der Waals surface area contributed by atoms with Crippen molar-refractivity contribution >= 4 is 11.3 Å². The number of rotatable bonds is 4. The molecule has 84 valence electrons. The highest BCUT2D eigenvalue weighted by Crippen LogP contribution is 2.14. The Morgan fingerprint density at radius 3 is 2.94 bits per heavy atom. The number of aryl methyl sites for hydroxylation is 1. The average molecular weight is 234 g/mol. The predicted molar refractivity (Wildman–Crippen MR) is 65.5 cm³/mol. The maximum absolute atomic E-state index is 9.59. The van der Waals surface area contributed by atoms with Gasteiger partial charge in [-0.2, -0.15) is 0 Å². The van der Waals surface area contributed by atoms with Crippen molar-refractivity contribution in [3.8, 4) is 5.75 Å². The Morgan fingerprint density at radius 1 is 1.31 bits per heavy atom. The van der Waals surface area contributed by atoms with E-state index in [1.807, 2.05) is 13.0 Å². The first kappa shape index (κ1) is 11.1. The number of nitrogens with zero attached hydrogens (tertiary/aromatic N) is 1. The zero-order valence-corrected chi connectivity index (χ0v) is 9.92. The Labute approximate surface area is 98.8 Å². The van der Waals surface area contributed by atoms with Crippen LogP contribution in [0.5, 0.6) is 5.75 Å². The van der Waals surface area contributed by atoms with E-state index in [1.54, 1.807) is 23.5 Å². The minimum absolute atomic E-state index is 0.254. The molecule has 0 unspecified atom stereocenters. The Morgan fingerprint density at radius 2 is 2.19 bits per heavy atom. The number of pyridine rings is 1. The maximum atomic E-state index is 9.59. The first-order valence-corrected chi connectivity index (χ1v) is 6.02. The third kappa shape index (κ3) is 2.81. The molecule has 2 rings (SSSR count). The summed E-state index contributed by atoms with van der Waals surface area (Å²) in [6.07, 6.45) is 0. The molecule has 2 heterocycles. The van der Waals surface area contributed by atoms with E-state index in [-0.39, 0.29) is 5.75 Å². The highest BCUT2D eigenvalue weighted by atomic mass is 32.1. The second kappa shape index (κ2) is 5.09. The van der Waals surface area contributed by atoms with E-state index in [0.29, 0.717) is 12.2 Å². The lowest BCUT2D eigenvalue weighted by Crippen LogP contribution is -2.13. The molecule has 0 amide bonds. The SMILES string of the molecule is Cc1ccc(O)c(CNCc2cccs2)n1. The Kier molecular flexibility index (Phi) is 3.54. The van der Waals surface area contributed by atoms with Crippen LogP contribution in [0.15, 0.2) is 29.6 Å². The summed E-state index contributed by atoms with van der Waals surface area (Å²) in [5, 5.41) is 14.9. The largest absolute Gasteiger partial charge is 0.506 e. The molecule has 0 aliphatic rings. The average Bonchev–Trinajstić information content (AvgIpc) is 2.76. The van der Waals surface area contributed by atoms with Crippen molar-refractivity contribution in [3.63, 3.8) is 0 Å². The topological polar surface area (TPSA) is 45.1 Å². The van der Waals surface area contributed by atoms with E-state index < -0.39 is 0 Å². The van der Waals surface area contributed by atoms with Gasteiger partial charge in [0.25, 0.3) is 0 Å². The lowest BCUT2D eigenvalue weighted by Gasteiger charge is -2.05. The molecule has 0 saturated carbocycles. The predicted octanol–water partition coefficient (Wildman–Crippen LogP) is 2.45. The molecule has 0 aliphatic carbocycles. The fourth-order valence-corrected chi connectivity index (χ4v) is 2.12. The Bertz CT molecular complexity index is 454. The van der Waals surface area contributed by atoms with Crippen molar-refractivity contribution in [2.45, 2.75) is 20.0 Å². The van der Waals surface area contributed by atoms with Crippen molar-refractivity contribution in [1.29, 1.82) is 0 Å². The normalized spacial score (nSPS) is 10.6. The van der Waals surface area contributed by atoms with E-state index in [0.717, 1.165) is 12.2 Å².